The standard InChI is InChI=1S/C16H32N2/c1-3-11-18(12-14-8-9-14)16(13-17)10-6-5-7-15(16)4-2/h14-15H,3-13,17H2,1-2H3. The predicted octanol–water partition coefficient (Wildman–Crippen LogP) is 3.41. The summed E-state index contributed by atoms with van der Waals surface area (Å²) in [5.41, 5.74) is 6.63. The van der Waals surface area contributed by atoms with E-state index in [0.29, 0.717) is 5.54 Å². The molecule has 0 radical (unpaired) electrons. The molecule has 2 unspecified atom stereocenters. The van der Waals surface area contributed by atoms with Gasteiger partial charge in [-0.2, -0.15) is 0 Å². The van der Waals surface area contributed by atoms with E-state index in [1.165, 1.54) is 64.5 Å². The smallest absolute Gasteiger partial charge is 0.0359 e. The molecule has 0 saturated heterocycles. The zero-order valence-corrected chi connectivity index (χ0v) is 12.5. The van der Waals surface area contributed by atoms with Gasteiger partial charge in [-0.3, -0.25) is 4.90 Å². The average Bonchev–Trinajstić information content (AvgIpc) is 3.22. The molecule has 0 aliphatic heterocycles. The van der Waals surface area contributed by atoms with Crippen LogP contribution in [0.2, 0.25) is 0 Å². The molecule has 2 rings (SSSR count). The van der Waals surface area contributed by atoms with Gasteiger partial charge >= 0.3 is 0 Å². The van der Waals surface area contributed by atoms with Gasteiger partial charge in [0.1, 0.15) is 0 Å². The topological polar surface area (TPSA) is 29.3 Å². The number of hydrogen-bond donors (Lipinski definition) is 1. The van der Waals surface area contributed by atoms with Gasteiger partial charge in [0.2, 0.25) is 0 Å². The molecule has 0 aromatic heterocycles. The summed E-state index contributed by atoms with van der Waals surface area (Å²) in [5, 5.41) is 0. The van der Waals surface area contributed by atoms with Gasteiger partial charge in [0.25, 0.3) is 0 Å². The van der Waals surface area contributed by atoms with Crippen LogP contribution in [0.4, 0.5) is 0 Å². The molecule has 0 bridgehead atoms. The summed E-state index contributed by atoms with van der Waals surface area (Å²) in [6.45, 7) is 8.12. The van der Waals surface area contributed by atoms with Crippen molar-refractivity contribution in [3.05, 3.63) is 0 Å². The molecule has 106 valence electrons. The molecule has 2 heteroatoms. The molecule has 18 heavy (non-hydrogen) atoms. The number of hydrogen-bond acceptors (Lipinski definition) is 2. The Balaban J connectivity index is 2.13. The maximum absolute atomic E-state index is 6.29. The maximum atomic E-state index is 6.29. The highest BCUT2D eigenvalue weighted by molar-refractivity contribution is 5.00. The Morgan fingerprint density at radius 2 is 1.94 bits per heavy atom. The fourth-order valence-corrected chi connectivity index (χ4v) is 4.07. The lowest BCUT2D eigenvalue weighted by Crippen LogP contribution is -2.60. The first-order valence-electron chi connectivity index (χ1n) is 8.22. The van der Waals surface area contributed by atoms with Crippen LogP contribution in [0.1, 0.15) is 65.2 Å². The van der Waals surface area contributed by atoms with Crippen LogP contribution in [0.5, 0.6) is 0 Å². The number of rotatable bonds is 7. The van der Waals surface area contributed by atoms with Crippen LogP contribution in [0.25, 0.3) is 0 Å². The lowest BCUT2D eigenvalue weighted by atomic mass is 9.70. The minimum atomic E-state index is 0.339. The fraction of sp³-hybridized carbons (Fsp3) is 1.00. The molecule has 0 aromatic rings. The van der Waals surface area contributed by atoms with Crippen molar-refractivity contribution in [3.63, 3.8) is 0 Å². The van der Waals surface area contributed by atoms with Gasteiger partial charge in [-0.25, -0.2) is 0 Å². The molecule has 0 spiro atoms. The summed E-state index contributed by atoms with van der Waals surface area (Å²) in [5.74, 6) is 1.82. The highest BCUT2D eigenvalue weighted by Crippen LogP contribution is 2.42. The predicted molar refractivity (Wildman–Crippen MR) is 78.6 cm³/mol. The van der Waals surface area contributed by atoms with Crippen molar-refractivity contribution in [1.29, 1.82) is 0 Å². The lowest BCUT2D eigenvalue weighted by molar-refractivity contribution is 0.000548. The van der Waals surface area contributed by atoms with Crippen molar-refractivity contribution in [2.24, 2.45) is 17.6 Å². The monoisotopic (exact) mass is 252 g/mol. The van der Waals surface area contributed by atoms with Crippen molar-refractivity contribution in [2.75, 3.05) is 19.6 Å². The summed E-state index contributed by atoms with van der Waals surface area (Å²) in [6, 6.07) is 0. The molecule has 2 saturated carbocycles. The summed E-state index contributed by atoms with van der Waals surface area (Å²) >= 11 is 0. The summed E-state index contributed by atoms with van der Waals surface area (Å²) in [6.07, 6.45) is 11.0. The molecule has 2 fully saturated rings. The van der Waals surface area contributed by atoms with E-state index >= 15 is 0 Å². The third-order valence-electron chi connectivity index (χ3n) is 5.32. The quantitative estimate of drug-likeness (QED) is 0.752. The Hall–Kier alpha value is -0.0800. The van der Waals surface area contributed by atoms with E-state index in [9.17, 15) is 0 Å². The summed E-state index contributed by atoms with van der Waals surface area (Å²) < 4.78 is 0. The molecule has 2 aliphatic carbocycles. The van der Waals surface area contributed by atoms with Gasteiger partial charge < -0.3 is 5.73 Å². The minimum Gasteiger partial charge on any atom is -0.329 e. The first-order valence-corrected chi connectivity index (χ1v) is 8.22. The third-order valence-corrected chi connectivity index (χ3v) is 5.32. The van der Waals surface area contributed by atoms with Crippen LogP contribution in [0, 0.1) is 11.8 Å². The Morgan fingerprint density at radius 1 is 1.17 bits per heavy atom. The van der Waals surface area contributed by atoms with Crippen molar-refractivity contribution < 1.29 is 0 Å². The Labute approximate surface area is 113 Å². The summed E-state index contributed by atoms with van der Waals surface area (Å²) in [7, 11) is 0. The van der Waals surface area contributed by atoms with Crippen LogP contribution in [-0.4, -0.2) is 30.1 Å². The SMILES string of the molecule is CCCN(CC1CC1)C1(CN)CCCCC1CC. The normalized spacial score (nSPS) is 33.0. The molecular weight excluding hydrogens is 220 g/mol. The van der Waals surface area contributed by atoms with Crippen LogP contribution in [0.15, 0.2) is 0 Å². The van der Waals surface area contributed by atoms with Gasteiger partial charge in [0, 0.05) is 18.6 Å². The largest absolute Gasteiger partial charge is 0.329 e. The molecule has 2 aliphatic rings. The van der Waals surface area contributed by atoms with Crippen molar-refractivity contribution in [1.82, 2.24) is 4.90 Å². The molecule has 0 aromatic carbocycles. The molecule has 0 amide bonds. The molecular formula is C16H32N2. The Kier molecular flexibility index (Phi) is 5.08. The molecule has 2 atom stereocenters. The zero-order chi connectivity index (χ0) is 13.0. The van der Waals surface area contributed by atoms with Crippen LogP contribution in [-0.2, 0) is 0 Å². The third kappa shape index (κ3) is 2.91. The first-order chi connectivity index (χ1) is 8.76. The van der Waals surface area contributed by atoms with Crippen molar-refractivity contribution in [2.45, 2.75) is 70.8 Å². The van der Waals surface area contributed by atoms with Crippen molar-refractivity contribution >= 4 is 0 Å². The van der Waals surface area contributed by atoms with Gasteiger partial charge in [0.05, 0.1) is 0 Å². The highest BCUT2D eigenvalue weighted by Gasteiger charge is 2.44. The van der Waals surface area contributed by atoms with E-state index in [-0.39, 0.29) is 0 Å². The minimum absolute atomic E-state index is 0.339. The van der Waals surface area contributed by atoms with Crippen LogP contribution in [0.3, 0.4) is 0 Å². The average molecular weight is 252 g/mol. The zero-order valence-electron chi connectivity index (χ0n) is 12.5. The van der Waals surface area contributed by atoms with E-state index in [0.717, 1.165) is 18.4 Å². The van der Waals surface area contributed by atoms with E-state index in [1.54, 1.807) is 0 Å². The second-order valence-electron chi connectivity index (χ2n) is 6.55. The highest BCUT2D eigenvalue weighted by atomic mass is 15.2. The molecule has 2 N–H and O–H groups in total. The summed E-state index contributed by atoms with van der Waals surface area (Å²) in [4.78, 5) is 2.80. The second kappa shape index (κ2) is 6.38. The van der Waals surface area contributed by atoms with Crippen molar-refractivity contribution in [3.8, 4) is 0 Å². The lowest BCUT2D eigenvalue weighted by Gasteiger charge is -2.51. The molecule has 0 heterocycles. The van der Waals surface area contributed by atoms with Gasteiger partial charge in [-0.15, -0.1) is 0 Å². The van der Waals surface area contributed by atoms with Gasteiger partial charge in [-0.1, -0.05) is 33.1 Å². The molecule has 2 nitrogen and oxygen atoms in total. The number of nitrogens with two attached hydrogens (primary N) is 1. The fourth-order valence-electron chi connectivity index (χ4n) is 4.07. The van der Waals surface area contributed by atoms with Gasteiger partial charge in [-0.05, 0) is 50.5 Å². The van der Waals surface area contributed by atoms with Crippen LogP contribution >= 0.6 is 0 Å². The van der Waals surface area contributed by atoms with E-state index in [1.807, 2.05) is 0 Å². The maximum Gasteiger partial charge on any atom is 0.0359 e. The van der Waals surface area contributed by atoms with E-state index < -0.39 is 0 Å². The second-order valence-corrected chi connectivity index (χ2v) is 6.55. The van der Waals surface area contributed by atoms with Crippen LogP contribution < -0.4 is 5.73 Å². The van der Waals surface area contributed by atoms with E-state index in [4.69, 9.17) is 5.73 Å². The first kappa shape index (κ1) is 14.3. The van der Waals surface area contributed by atoms with E-state index in [2.05, 4.69) is 18.7 Å². The Morgan fingerprint density at radius 3 is 2.50 bits per heavy atom. The Bertz CT molecular complexity index is 249. The van der Waals surface area contributed by atoms with Gasteiger partial charge in [0.15, 0.2) is 0 Å². The number of nitrogens with zero attached hydrogens (tertiary/aromatic N) is 1.